The van der Waals surface area contributed by atoms with E-state index in [1.165, 1.54) is 12.1 Å². The summed E-state index contributed by atoms with van der Waals surface area (Å²) in [5.41, 5.74) is 4.64. The predicted octanol–water partition coefficient (Wildman–Crippen LogP) is 2.57. The minimum absolute atomic E-state index is 0.450. The van der Waals surface area contributed by atoms with Gasteiger partial charge in [-0.3, -0.25) is 5.43 Å². The molecule has 0 bridgehead atoms. The number of hydrogen-bond acceptors (Lipinski definition) is 5. The van der Waals surface area contributed by atoms with E-state index >= 15 is 0 Å². The number of unbranched alkanes of at least 4 members (excludes halogenated alkanes) is 1. The lowest BCUT2D eigenvalue weighted by Gasteiger charge is -2.24. The van der Waals surface area contributed by atoms with E-state index in [2.05, 4.69) is 51.5 Å². The Morgan fingerprint density at radius 1 is 1.20 bits per heavy atom. The Balaban J connectivity index is 2.14. The van der Waals surface area contributed by atoms with Gasteiger partial charge < -0.3 is 4.90 Å². The quantitative estimate of drug-likeness (QED) is 0.598. The Kier molecular flexibility index (Phi) is 5.32. The summed E-state index contributed by atoms with van der Waals surface area (Å²) in [5, 5.41) is 0. The molecular weight excluding hydrogens is 250 g/mol. The number of benzene rings is 1. The Morgan fingerprint density at radius 3 is 2.70 bits per heavy atom. The number of rotatable bonds is 7. The molecule has 0 aliphatic carbocycles. The summed E-state index contributed by atoms with van der Waals surface area (Å²) in [4.78, 5) is 10.7. The van der Waals surface area contributed by atoms with Gasteiger partial charge in [-0.2, -0.15) is 0 Å². The third-order valence-corrected chi connectivity index (χ3v) is 3.10. The number of hydrogen-bond donors (Lipinski definition) is 2. The second-order valence-electron chi connectivity index (χ2n) is 4.63. The first-order valence-electron chi connectivity index (χ1n) is 6.92. The smallest absolute Gasteiger partial charge is 0.237 e. The lowest BCUT2D eigenvalue weighted by molar-refractivity contribution is 0.707. The first-order valence-corrected chi connectivity index (χ1v) is 6.92. The first kappa shape index (κ1) is 14.3. The van der Waals surface area contributed by atoms with E-state index in [1.807, 2.05) is 12.1 Å². The third kappa shape index (κ3) is 3.93. The number of nitrogens with one attached hydrogen (secondary N) is 1. The Labute approximate surface area is 119 Å². The van der Waals surface area contributed by atoms with Gasteiger partial charge in [0.1, 0.15) is 0 Å². The molecule has 1 heterocycles. The standard InChI is InChI=1S/C15H21N5/c1-2-3-11-20(14-7-5-4-6-8-14)12-13-9-10-17-15(18-13)19-16/h4-10H,2-3,11-12,16H2,1H3,(H,17,18,19). The van der Waals surface area contributed by atoms with Crippen LogP contribution in [0.2, 0.25) is 0 Å². The van der Waals surface area contributed by atoms with Gasteiger partial charge in [-0.15, -0.1) is 0 Å². The third-order valence-electron chi connectivity index (χ3n) is 3.10. The Morgan fingerprint density at radius 2 is 2.00 bits per heavy atom. The van der Waals surface area contributed by atoms with Crippen LogP contribution in [0.5, 0.6) is 0 Å². The van der Waals surface area contributed by atoms with Crippen LogP contribution in [0.4, 0.5) is 11.6 Å². The molecule has 106 valence electrons. The first-order chi connectivity index (χ1) is 9.83. The summed E-state index contributed by atoms with van der Waals surface area (Å²) in [5.74, 6) is 5.80. The molecule has 0 unspecified atom stereocenters. The topological polar surface area (TPSA) is 67.1 Å². The van der Waals surface area contributed by atoms with Gasteiger partial charge in [-0.05, 0) is 24.6 Å². The van der Waals surface area contributed by atoms with Crippen molar-refractivity contribution in [3.05, 3.63) is 48.3 Å². The summed E-state index contributed by atoms with van der Waals surface area (Å²) in [6, 6.07) is 12.3. The SMILES string of the molecule is CCCCN(Cc1ccnc(NN)n1)c1ccccc1. The van der Waals surface area contributed by atoms with E-state index in [4.69, 9.17) is 5.84 Å². The molecule has 0 aliphatic heterocycles. The number of anilines is 2. The highest BCUT2D eigenvalue weighted by Crippen LogP contribution is 2.17. The molecule has 0 saturated carbocycles. The van der Waals surface area contributed by atoms with E-state index in [-0.39, 0.29) is 0 Å². The Bertz CT molecular complexity index is 515. The van der Waals surface area contributed by atoms with Crippen molar-refractivity contribution in [2.45, 2.75) is 26.3 Å². The van der Waals surface area contributed by atoms with Crippen LogP contribution in [0, 0.1) is 0 Å². The summed E-state index contributed by atoms with van der Waals surface area (Å²) in [6.07, 6.45) is 4.05. The zero-order chi connectivity index (χ0) is 14.2. The fraction of sp³-hybridized carbons (Fsp3) is 0.333. The molecule has 0 saturated heterocycles. The molecule has 1 aromatic heterocycles. The lowest BCUT2D eigenvalue weighted by Crippen LogP contribution is -2.24. The Hall–Kier alpha value is -2.14. The molecule has 0 spiro atoms. The van der Waals surface area contributed by atoms with Gasteiger partial charge in [0.05, 0.1) is 12.2 Å². The van der Waals surface area contributed by atoms with Gasteiger partial charge in [-0.25, -0.2) is 15.8 Å². The number of para-hydroxylation sites is 1. The summed E-state index contributed by atoms with van der Waals surface area (Å²) >= 11 is 0. The largest absolute Gasteiger partial charge is 0.366 e. The average Bonchev–Trinajstić information content (AvgIpc) is 2.52. The molecule has 0 amide bonds. The van der Waals surface area contributed by atoms with E-state index in [0.29, 0.717) is 5.95 Å². The normalized spacial score (nSPS) is 10.3. The summed E-state index contributed by atoms with van der Waals surface area (Å²) in [7, 11) is 0. The van der Waals surface area contributed by atoms with Crippen molar-refractivity contribution in [2.24, 2.45) is 5.84 Å². The number of nitrogen functional groups attached to an aromatic ring is 1. The molecule has 0 fully saturated rings. The van der Waals surface area contributed by atoms with Gasteiger partial charge in [0.25, 0.3) is 0 Å². The van der Waals surface area contributed by atoms with Gasteiger partial charge >= 0.3 is 0 Å². The summed E-state index contributed by atoms with van der Waals surface area (Å²) < 4.78 is 0. The van der Waals surface area contributed by atoms with Gasteiger partial charge in [0.2, 0.25) is 5.95 Å². The van der Waals surface area contributed by atoms with Crippen LogP contribution in [-0.2, 0) is 6.54 Å². The predicted molar refractivity (Wildman–Crippen MR) is 82.2 cm³/mol. The van der Waals surface area contributed by atoms with Gasteiger partial charge in [0, 0.05) is 18.4 Å². The van der Waals surface area contributed by atoms with Gasteiger partial charge in [-0.1, -0.05) is 31.5 Å². The zero-order valence-electron chi connectivity index (χ0n) is 11.8. The van der Waals surface area contributed by atoms with Crippen molar-refractivity contribution < 1.29 is 0 Å². The number of aromatic nitrogens is 2. The van der Waals surface area contributed by atoms with Crippen LogP contribution in [0.15, 0.2) is 42.6 Å². The molecule has 1 aromatic carbocycles. The molecule has 0 aliphatic rings. The van der Waals surface area contributed by atoms with Crippen LogP contribution in [0.3, 0.4) is 0 Å². The summed E-state index contributed by atoms with van der Waals surface area (Å²) in [6.45, 7) is 3.96. The molecule has 0 radical (unpaired) electrons. The monoisotopic (exact) mass is 271 g/mol. The molecule has 5 nitrogen and oxygen atoms in total. The van der Waals surface area contributed by atoms with Crippen molar-refractivity contribution in [1.29, 1.82) is 0 Å². The van der Waals surface area contributed by atoms with Crippen molar-refractivity contribution in [2.75, 3.05) is 16.9 Å². The van der Waals surface area contributed by atoms with E-state index in [0.717, 1.165) is 25.2 Å². The minimum atomic E-state index is 0.450. The average molecular weight is 271 g/mol. The van der Waals surface area contributed by atoms with Crippen molar-refractivity contribution in [3.63, 3.8) is 0 Å². The van der Waals surface area contributed by atoms with Crippen LogP contribution in [0.1, 0.15) is 25.5 Å². The molecule has 0 atom stereocenters. The molecule has 2 aromatic rings. The maximum Gasteiger partial charge on any atom is 0.237 e. The second-order valence-corrected chi connectivity index (χ2v) is 4.63. The maximum absolute atomic E-state index is 5.35. The maximum atomic E-state index is 5.35. The molecule has 20 heavy (non-hydrogen) atoms. The van der Waals surface area contributed by atoms with Crippen LogP contribution in [-0.4, -0.2) is 16.5 Å². The number of hydrazine groups is 1. The molecule has 3 N–H and O–H groups in total. The number of nitrogens with two attached hydrogens (primary N) is 1. The van der Waals surface area contributed by atoms with E-state index in [1.54, 1.807) is 6.20 Å². The van der Waals surface area contributed by atoms with Crippen LogP contribution < -0.4 is 16.2 Å². The van der Waals surface area contributed by atoms with Crippen LogP contribution >= 0.6 is 0 Å². The fourth-order valence-electron chi connectivity index (χ4n) is 2.04. The number of nitrogens with zero attached hydrogens (tertiary/aromatic N) is 3. The lowest BCUT2D eigenvalue weighted by atomic mass is 10.2. The van der Waals surface area contributed by atoms with Crippen molar-refractivity contribution in [1.82, 2.24) is 9.97 Å². The highest BCUT2D eigenvalue weighted by molar-refractivity contribution is 5.46. The highest BCUT2D eigenvalue weighted by Gasteiger charge is 2.08. The molecule has 2 rings (SSSR count). The fourth-order valence-corrected chi connectivity index (χ4v) is 2.04. The van der Waals surface area contributed by atoms with E-state index in [9.17, 15) is 0 Å². The molecular formula is C15H21N5. The van der Waals surface area contributed by atoms with Gasteiger partial charge in [0.15, 0.2) is 0 Å². The van der Waals surface area contributed by atoms with Crippen molar-refractivity contribution in [3.8, 4) is 0 Å². The zero-order valence-corrected chi connectivity index (χ0v) is 11.8. The molecule has 5 heteroatoms. The van der Waals surface area contributed by atoms with Crippen molar-refractivity contribution >= 4 is 11.6 Å². The highest BCUT2D eigenvalue weighted by atomic mass is 15.3. The van der Waals surface area contributed by atoms with Crippen LogP contribution in [0.25, 0.3) is 0 Å². The van der Waals surface area contributed by atoms with E-state index < -0.39 is 0 Å². The minimum Gasteiger partial charge on any atom is -0.366 e. The second kappa shape index (κ2) is 7.45.